The Balaban J connectivity index is 2.81. The van der Waals surface area contributed by atoms with Gasteiger partial charge in [-0.3, -0.25) is 0 Å². The van der Waals surface area contributed by atoms with Crippen molar-refractivity contribution in [1.29, 1.82) is 0 Å². The first-order valence-electron chi connectivity index (χ1n) is 7.31. The van der Waals surface area contributed by atoms with Crippen LogP contribution < -0.4 is 10.1 Å². The molecule has 0 fully saturated rings. The van der Waals surface area contributed by atoms with Crippen LogP contribution in [-0.2, 0) is 6.42 Å². The molecule has 1 aromatic carbocycles. The number of rotatable bonds is 6. The van der Waals surface area contributed by atoms with Crippen LogP contribution in [0.5, 0.6) is 5.75 Å². The van der Waals surface area contributed by atoms with Gasteiger partial charge in [-0.15, -0.1) is 0 Å². The summed E-state index contributed by atoms with van der Waals surface area (Å²) in [5.41, 5.74) is 0.818. The standard InChI is InChI=1S/C17H28FNO/c1-12(2)14(11-19-17(3,4)5)10-13-8-7-9-15(20-6)16(13)18/h7-9,12,14,19H,10-11H2,1-6H3. The van der Waals surface area contributed by atoms with Gasteiger partial charge in [-0.05, 0) is 57.2 Å². The van der Waals surface area contributed by atoms with E-state index < -0.39 is 0 Å². The molecule has 0 aromatic heterocycles. The molecule has 2 nitrogen and oxygen atoms in total. The Morgan fingerprint density at radius 3 is 2.40 bits per heavy atom. The molecule has 114 valence electrons. The average molecular weight is 281 g/mol. The molecule has 0 saturated carbocycles. The van der Waals surface area contributed by atoms with E-state index in [2.05, 4.69) is 39.9 Å². The summed E-state index contributed by atoms with van der Waals surface area (Å²) >= 11 is 0. The third-order valence-electron chi connectivity index (χ3n) is 3.58. The van der Waals surface area contributed by atoms with Crippen molar-refractivity contribution in [1.82, 2.24) is 5.32 Å². The van der Waals surface area contributed by atoms with Crippen LogP contribution in [0.15, 0.2) is 18.2 Å². The minimum absolute atomic E-state index is 0.0834. The highest BCUT2D eigenvalue weighted by Crippen LogP contribution is 2.25. The average Bonchev–Trinajstić information content (AvgIpc) is 2.34. The summed E-state index contributed by atoms with van der Waals surface area (Å²) in [5.74, 6) is 0.997. The van der Waals surface area contributed by atoms with Crippen LogP contribution in [0.25, 0.3) is 0 Å². The van der Waals surface area contributed by atoms with Gasteiger partial charge in [0.2, 0.25) is 0 Å². The summed E-state index contributed by atoms with van der Waals surface area (Å²) in [6, 6.07) is 5.37. The Kier molecular flexibility index (Phi) is 6.00. The zero-order valence-electron chi connectivity index (χ0n) is 13.6. The first-order chi connectivity index (χ1) is 9.24. The largest absolute Gasteiger partial charge is 0.494 e. The lowest BCUT2D eigenvalue weighted by atomic mass is 9.88. The lowest BCUT2D eigenvalue weighted by molar-refractivity contribution is 0.308. The Bertz CT molecular complexity index is 423. The van der Waals surface area contributed by atoms with E-state index in [1.807, 2.05) is 12.1 Å². The first kappa shape index (κ1) is 17.0. The number of halogens is 1. The SMILES string of the molecule is COc1cccc(CC(CNC(C)(C)C)C(C)C)c1F. The highest BCUT2D eigenvalue weighted by atomic mass is 19.1. The van der Waals surface area contributed by atoms with E-state index in [-0.39, 0.29) is 11.4 Å². The maximum absolute atomic E-state index is 14.2. The summed E-state index contributed by atoms with van der Waals surface area (Å²) in [6.07, 6.45) is 0.726. The predicted octanol–water partition coefficient (Wildman–Crippen LogP) is 4.04. The summed E-state index contributed by atoms with van der Waals surface area (Å²) < 4.78 is 19.3. The van der Waals surface area contributed by atoms with Gasteiger partial charge in [0.1, 0.15) is 0 Å². The molecule has 3 heteroatoms. The fourth-order valence-corrected chi connectivity index (χ4v) is 2.13. The molecular weight excluding hydrogens is 253 g/mol. The zero-order chi connectivity index (χ0) is 15.3. The third-order valence-corrected chi connectivity index (χ3v) is 3.58. The van der Waals surface area contributed by atoms with Crippen molar-refractivity contribution >= 4 is 0 Å². The van der Waals surface area contributed by atoms with Crippen molar-refractivity contribution in [3.8, 4) is 5.75 Å². The minimum Gasteiger partial charge on any atom is -0.494 e. The Labute approximate surface area is 122 Å². The van der Waals surface area contributed by atoms with Gasteiger partial charge in [0.25, 0.3) is 0 Å². The molecule has 0 aliphatic rings. The monoisotopic (exact) mass is 281 g/mol. The number of hydrogen-bond acceptors (Lipinski definition) is 2. The van der Waals surface area contributed by atoms with E-state index in [1.54, 1.807) is 6.07 Å². The maximum atomic E-state index is 14.2. The molecule has 0 aliphatic carbocycles. The summed E-state index contributed by atoms with van der Waals surface area (Å²) in [4.78, 5) is 0. The molecule has 1 atom stereocenters. The Hall–Kier alpha value is -1.09. The number of ether oxygens (including phenoxy) is 1. The molecule has 0 bridgehead atoms. The molecule has 1 N–H and O–H groups in total. The molecule has 1 rings (SSSR count). The van der Waals surface area contributed by atoms with Crippen LogP contribution in [0.3, 0.4) is 0 Å². The van der Waals surface area contributed by atoms with Gasteiger partial charge in [0, 0.05) is 5.54 Å². The lowest BCUT2D eigenvalue weighted by Crippen LogP contribution is -2.40. The third kappa shape index (κ3) is 5.12. The molecule has 0 aliphatic heterocycles. The molecule has 0 amide bonds. The van der Waals surface area contributed by atoms with Gasteiger partial charge < -0.3 is 10.1 Å². The van der Waals surface area contributed by atoms with E-state index >= 15 is 0 Å². The lowest BCUT2D eigenvalue weighted by Gasteiger charge is -2.28. The fraction of sp³-hybridized carbons (Fsp3) is 0.647. The molecule has 20 heavy (non-hydrogen) atoms. The smallest absolute Gasteiger partial charge is 0.168 e. The molecule has 0 heterocycles. The second kappa shape index (κ2) is 7.07. The van der Waals surface area contributed by atoms with Crippen LogP contribution in [0, 0.1) is 17.7 Å². The summed E-state index contributed by atoms with van der Waals surface area (Å²) in [7, 11) is 1.50. The highest BCUT2D eigenvalue weighted by Gasteiger charge is 2.20. The zero-order valence-corrected chi connectivity index (χ0v) is 13.6. The van der Waals surface area contributed by atoms with Crippen LogP contribution in [0.1, 0.15) is 40.2 Å². The number of hydrogen-bond donors (Lipinski definition) is 1. The topological polar surface area (TPSA) is 21.3 Å². The molecular formula is C17H28FNO. The van der Waals surface area contributed by atoms with Gasteiger partial charge in [0.05, 0.1) is 7.11 Å². The molecule has 0 saturated heterocycles. The van der Waals surface area contributed by atoms with E-state index in [0.717, 1.165) is 18.5 Å². The maximum Gasteiger partial charge on any atom is 0.168 e. The second-order valence-electron chi connectivity index (χ2n) is 6.77. The van der Waals surface area contributed by atoms with Gasteiger partial charge >= 0.3 is 0 Å². The van der Waals surface area contributed by atoms with Crippen molar-refractivity contribution in [3.05, 3.63) is 29.6 Å². The highest BCUT2D eigenvalue weighted by molar-refractivity contribution is 5.31. The van der Waals surface area contributed by atoms with E-state index in [1.165, 1.54) is 7.11 Å². The van der Waals surface area contributed by atoms with E-state index in [0.29, 0.717) is 17.6 Å². The van der Waals surface area contributed by atoms with Crippen LogP contribution in [0.4, 0.5) is 4.39 Å². The Morgan fingerprint density at radius 1 is 1.25 bits per heavy atom. The summed E-state index contributed by atoms with van der Waals surface area (Å²) in [6.45, 7) is 11.7. The molecule has 0 radical (unpaired) electrons. The molecule has 0 spiro atoms. The van der Waals surface area contributed by atoms with E-state index in [4.69, 9.17) is 4.74 Å². The first-order valence-corrected chi connectivity index (χ1v) is 7.31. The van der Waals surface area contributed by atoms with Crippen molar-refractivity contribution in [3.63, 3.8) is 0 Å². The van der Waals surface area contributed by atoms with Gasteiger partial charge in [0.15, 0.2) is 11.6 Å². The molecule has 1 unspecified atom stereocenters. The summed E-state index contributed by atoms with van der Waals surface area (Å²) in [5, 5.41) is 3.52. The van der Waals surface area contributed by atoms with Gasteiger partial charge in [-0.1, -0.05) is 26.0 Å². The second-order valence-corrected chi connectivity index (χ2v) is 6.77. The number of benzene rings is 1. The van der Waals surface area contributed by atoms with Gasteiger partial charge in [-0.25, -0.2) is 4.39 Å². The minimum atomic E-state index is -0.226. The number of methoxy groups -OCH3 is 1. The number of nitrogens with one attached hydrogen (secondary N) is 1. The van der Waals surface area contributed by atoms with Crippen molar-refractivity contribution in [2.24, 2.45) is 11.8 Å². The van der Waals surface area contributed by atoms with Crippen molar-refractivity contribution < 1.29 is 9.13 Å². The van der Waals surface area contributed by atoms with Gasteiger partial charge in [-0.2, -0.15) is 0 Å². The van der Waals surface area contributed by atoms with E-state index in [9.17, 15) is 4.39 Å². The van der Waals surface area contributed by atoms with Crippen molar-refractivity contribution in [2.75, 3.05) is 13.7 Å². The predicted molar refractivity (Wildman–Crippen MR) is 82.7 cm³/mol. The van der Waals surface area contributed by atoms with Crippen LogP contribution in [-0.4, -0.2) is 19.2 Å². The fourth-order valence-electron chi connectivity index (χ4n) is 2.13. The quantitative estimate of drug-likeness (QED) is 0.850. The van der Waals surface area contributed by atoms with Crippen LogP contribution in [0.2, 0.25) is 0 Å². The van der Waals surface area contributed by atoms with Crippen molar-refractivity contribution in [2.45, 2.75) is 46.6 Å². The molecule has 1 aromatic rings. The normalized spacial score (nSPS) is 13.6. The Morgan fingerprint density at radius 2 is 1.90 bits per heavy atom. The van der Waals surface area contributed by atoms with Crippen LogP contribution >= 0.6 is 0 Å².